The van der Waals surface area contributed by atoms with Crippen molar-refractivity contribution >= 4 is 21.7 Å². The zero-order chi connectivity index (χ0) is 10.8. The van der Waals surface area contributed by atoms with E-state index in [4.69, 9.17) is 0 Å². The predicted octanol–water partition coefficient (Wildman–Crippen LogP) is 3.13. The standard InChI is InChI=1S/C8H8BrF3N2/c1-5-2-3-13-7(6(5)9)14-4-8(10,11)12/h2-3H,4H2,1H3,(H,13,14). The van der Waals surface area contributed by atoms with Gasteiger partial charge >= 0.3 is 6.18 Å². The van der Waals surface area contributed by atoms with Gasteiger partial charge in [0.05, 0.1) is 4.47 Å². The Labute approximate surface area is 87.7 Å². The maximum Gasteiger partial charge on any atom is 0.405 e. The van der Waals surface area contributed by atoms with E-state index in [0.29, 0.717) is 4.47 Å². The molecule has 1 heterocycles. The summed E-state index contributed by atoms with van der Waals surface area (Å²) in [6.45, 7) is 0.701. The van der Waals surface area contributed by atoms with Crippen LogP contribution in [-0.2, 0) is 0 Å². The van der Waals surface area contributed by atoms with Crippen molar-refractivity contribution in [2.45, 2.75) is 13.1 Å². The monoisotopic (exact) mass is 268 g/mol. The molecule has 1 aromatic heterocycles. The summed E-state index contributed by atoms with van der Waals surface area (Å²) in [5.74, 6) is 0.210. The van der Waals surface area contributed by atoms with Crippen molar-refractivity contribution in [3.63, 3.8) is 0 Å². The van der Waals surface area contributed by atoms with Crippen LogP contribution >= 0.6 is 15.9 Å². The molecule has 78 valence electrons. The number of aromatic nitrogens is 1. The molecule has 0 saturated heterocycles. The Kier molecular flexibility index (Phi) is 3.36. The quantitative estimate of drug-likeness (QED) is 0.892. The Morgan fingerprint density at radius 1 is 1.50 bits per heavy atom. The minimum atomic E-state index is -4.23. The van der Waals surface area contributed by atoms with Crippen LogP contribution in [0, 0.1) is 6.92 Å². The molecule has 0 spiro atoms. The Hall–Kier alpha value is -0.780. The Morgan fingerprint density at radius 2 is 2.14 bits per heavy atom. The van der Waals surface area contributed by atoms with Crippen LogP contribution in [0.3, 0.4) is 0 Å². The zero-order valence-corrected chi connectivity index (χ0v) is 8.91. The minimum absolute atomic E-state index is 0.210. The van der Waals surface area contributed by atoms with Gasteiger partial charge in [0.25, 0.3) is 0 Å². The fourth-order valence-electron chi connectivity index (χ4n) is 0.847. The molecule has 0 atom stereocenters. The normalized spacial score (nSPS) is 11.5. The molecule has 0 unspecified atom stereocenters. The number of aryl methyl sites for hydroxylation is 1. The fraction of sp³-hybridized carbons (Fsp3) is 0.375. The molecule has 0 radical (unpaired) electrons. The van der Waals surface area contributed by atoms with Gasteiger partial charge in [-0.1, -0.05) is 0 Å². The molecule has 6 heteroatoms. The molecule has 0 aliphatic carbocycles. The average Bonchev–Trinajstić information content (AvgIpc) is 2.06. The van der Waals surface area contributed by atoms with Crippen molar-refractivity contribution in [3.05, 3.63) is 22.3 Å². The SMILES string of the molecule is Cc1ccnc(NCC(F)(F)F)c1Br. The fourth-order valence-corrected chi connectivity index (χ4v) is 1.22. The number of rotatable bonds is 2. The van der Waals surface area contributed by atoms with Crippen molar-refractivity contribution in [3.8, 4) is 0 Å². The molecule has 0 fully saturated rings. The smallest absolute Gasteiger partial charge is 0.360 e. The molecule has 0 saturated carbocycles. The highest BCUT2D eigenvalue weighted by atomic mass is 79.9. The van der Waals surface area contributed by atoms with Gasteiger partial charge < -0.3 is 5.32 Å². The van der Waals surface area contributed by atoms with E-state index >= 15 is 0 Å². The van der Waals surface area contributed by atoms with E-state index in [9.17, 15) is 13.2 Å². The first-order chi connectivity index (χ1) is 6.40. The van der Waals surface area contributed by atoms with Gasteiger partial charge in [-0.15, -0.1) is 0 Å². The molecular weight excluding hydrogens is 261 g/mol. The summed E-state index contributed by atoms with van der Waals surface area (Å²) < 4.78 is 36.2. The molecule has 0 bridgehead atoms. The average molecular weight is 269 g/mol. The highest BCUT2D eigenvalue weighted by Crippen LogP contribution is 2.24. The van der Waals surface area contributed by atoms with Crippen LogP contribution in [0.2, 0.25) is 0 Å². The van der Waals surface area contributed by atoms with Crippen molar-refractivity contribution in [2.75, 3.05) is 11.9 Å². The van der Waals surface area contributed by atoms with E-state index < -0.39 is 12.7 Å². The van der Waals surface area contributed by atoms with Crippen LogP contribution < -0.4 is 5.32 Å². The van der Waals surface area contributed by atoms with E-state index in [1.54, 1.807) is 13.0 Å². The maximum atomic E-state index is 11.9. The number of anilines is 1. The van der Waals surface area contributed by atoms with E-state index in [-0.39, 0.29) is 5.82 Å². The van der Waals surface area contributed by atoms with E-state index in [2.05, 4.69) is 26.2 Å². The third-order valence-electron chi connectivity index (χ3n) is 1.54. The zero-order valence-electron chi connectivity index (χ0n) is 7.32. The number of halogens is 4. The predicted molar refractivity (Wildman–Crippen MR) is 51.2 cm³/mol. The third kappa shape index (κ3) is 3.17. The highest BCUT2D eigenvalue weighted by Gasteiger charge is 2.27. The summed E-state index contributed by atoms with van der Waals surface area (Å²) in [5.41, 5.74) is 0.838. The van der Waals surface area contributed by atoms with E-state index in [0.717, 1.165) is 5.56 Å². The van der Waals surface area contributed by atoms with Crippen LogP contribution in [0.4, 0.5) is 19.0 Å². The molecule has 1 rings (SSSR count). The highest BCUT2D eigenvalue weighted by molar-refractivity contribution is 9.10. The second-order valence-corrected chi connectivity index (χ2v) is 3.55. The lowest BCUT2D eigenvalue weighted by atomic mass is 10.3. The van der Waals surface area contributed by atoms with Gasteiger partial charge in [0.1, 0.15) is 12.4 Å². The summed E-state index contributed by atoms with van der Waals surface area (Å²) in [4.78, 5) is 3.78. The van der Waals surface area contributed by atoms with Crippen LogP contribution in [0.5, 0.6) is 0 Å². The first kappa shape index (κ1) is 11.3. The molecule has 1 aromatic rings. The molecule has 0 aliphatic heterocycles. The van der Waals surface area contributed by atoms with Crippen LogP contribution in [0.25, 0.3) is 0 Å². The number of hydrogen-bond acceptors (Lipinski definition) is 2. The molecular formula is C8H8BrF3N2. The van der Waals surface area contributed by atoms with Gasteiger partial charge in [-0.25, -0.2) is 4.98 Å². The van der Waals surface area contributed by atoms with Crippen LogP contribution in [0.15, 0.2) is 16.7 Å². The van der Waals surface area contributed by atoms with Gasteiger partial charge in [0, 0.05) is 6.20 Å². The summed E-state index contributed by atoms with van der Waals surface area (Å²) in [6, 6.07) is 1.71. The van der Waals surface area contributed by atoms with Crippen LogP contribution in [-0.4, -0.2) is 17.7 Å². The second-order valence-electron chi connectivity index (χ2n) is 2.76. The first-order valence-corrected chi connectivity index (χ1v) is 4.61. The number of hydrogen-bond donors (Lipinski definition) is 1. The summed E-state index contributed by atoms with van der Waals surface area (Å²) in [6.07, 6.45) is -2.77. The molecule has 2 nitrogen and oxygen atoms in total. The Balaban J connectivity index is 2.73. The minimum Gasteiger partial charge on any atom is -0.360 e. The lowest BCUT2D eigenvalue weighted by molar-refractivity contribution is -0.115. The Bertz CT molecular complexity index is 325. The van der Waals surface area contributed by atoms with Gasteiger partial charge in [-0.3, -0.25) is 0 Å². The molecule has 0 amide bonds. The lowest BCUT2D eigenvalue weighted by Crippen LogP contribution is -2.22. The number of pyridine rings is 1. The number of alkyl halides is 3. The van der Waals surface area contributed by atoms with Gasteiger partial charge in [0.15, 0.2) is 0 Å². The third-order valence-corrected chi connectivity index (χ3v) is 2.54. The number of nitrogens with zero attached hydrogens (tertiary/aromatic N) is 1. The first-order valence-electron chi connectivity index (χ1n) is 3.82. The molecule has 0 aliphatic rings. The summed E-state index contributed by atoms with van der Waals surface area (Å²) >= 11 is 3.16. The lowest BCUT2D eigenvalue weighted by Gasteiger charge is -2.10. The number of nitrogens with one attached hydrogen (secondary N) is 1. The largest absolute Gasteiger partial charge is 0.405 e. The van der Waals surface area contributed by atoms with E-state index in [1.165, 1.54) is 6.20 Å². The van der Waals surface area contributed by atoms with Gasteiger partial charge in [-0.05, 0) is 34.5 Å². The van der Waals surface area contributed by atoms with Crippen molar-refractivity contribution in [1.29, 1.82) is 0 Å². The van der Waals surface area contributed by atoms with Crippen molar-refractivity contribution in [1.82, 2.24) is 4.98 Å². The second kappa shape index (κ2) is 4.16. The molecule has 14 heavy (non-hydrogen) atoms. The Morgan fingerprint density at radius 3 is 2.71 bits per heavy atom. The van der Waals surface area contributed by atoms with E-state index in [1.807, 2.05) is 0 Å². The van der Waals surface area contributed by atoms with Crippen molar-refractivity contribution < 1.29 is 13.2 Å². The van der Waals surface area contributed by atoms with Crippen LogP contribution in [0.1, 0.15) is 5.56 Å². The molecule has 1 N–H and O–H groups in total. The van der Waals surface area contributed by atoms with Gasteiger partial charge in [0.2, 0.25) is 0 Å². The van der Waals surface area contributed by atoms with Gasteiger partial charge in [-0.2, -0.15) is 13.2 Å². The summed E-state index contributed by atoms with van der Waals surface area (Å²) in [7, 11) is 0. The maximum absolute atomic E-state index is 11.9. The van der Waals surface area contributed by atoms with Crippen molar-refractivity contribution in [2.24, 2.45) is 0 Å². The summed E-state index contributed by atoms with van der Waals surface area (Å²) in [5, 5.41) is 2.21. The topological polar surface area (TPSA) is 24.9 Å². The molecule has 0 aromatic carbocycles.